The summed E-state index contributed by atoms with van der Waals surface area (Å²) in [5.41, 5.74) is 1.08. The van der Waals surface area contributed by atoms with Crippen molar-refractivity contribution < 1.29 is 5.11 Å². The molecule has 0 spiro atoms. The molecule has 1 aromatic carbocycles. The maximum atomic E-state index is 9.05. The fourth-order valence-corrected chi connectivity index (χ4v) is 1.22. The lowest BCUT2D eigenvalue weighted by Gasteiger charge is -2.03. The van der Waals surface area contributed by atoms with Gasteiger partial charge < -0.3 is 5.11 Å². The first-order valence-corrected chi connectivity index (χ1v) is 3.99. The Morgan fingerprint density at radius 1 is 1.55 bits per heavy atom. The molecule has 1 N–H and O–H groups in total. The lowest BCUT2D eigenvalue weighted by molar-refractivity contribution is 0.195. The number of halogens is 1. The van der Waals surface area contributed by atoms with Gasteiger partial charge in [0.2, 0.25) is 0 Å². The Hall–Kier alpha value is -0.530. The summed E-state index contributed by atoms with van der Waals surface area (Å²) in [6.07, 6.45) is 0.370. The molecule has 1 unspecified atom stereocenters. The van der Waals surface area contributed by atoms with E-state index in [4.69, 9.17) is 16.7 Å². The van der Waals surface area contributed by atoms with Crippen molar-refractivity contribution >= 4 is 11.6 Å². The molecule has 2 heteroatoms. The van der Waals surface area contributed by atoms with Crippen LogP contribution < -0.4 is 0 Å². The minimum absolute atomic E-state index is 0.298. The van der Waals surface area contributed by atoms with Crippen LogP contribution in [0.4, 0.5) is 0 Å². The molecule has 0 bridgehead atoms. The predicted octanol–water partition coefficient (Wildman–Crippen LogP) is 2.26. The van der Waals surface area contributed by atoms with E-state index in [1.54, 1.807) is 6.92 Å². The standard InChI is InChI=1S/C9H11ClO/c1-7(11)5-8-3-2-4-9(10)6-8/h2-4,6-7,11H,5H2,1H3. The van der Waals surface area contributed by atoms with E-state index in [0.717, 1.165) is 10.6 Å². The van der Waals surface area contributed by atoms with Gasteiger partial charge >= 0.3 is 0 Å². The third-order valence-corrected chi connectivity index (χ3v) is 1.66. The zero-order valence-electron chi connectivity index (χ0n) is 6.42. The molecule has 0 radical (unpaired) electrons. The second-order valence-electron chi connectivity index (χ2n) is 2.68. The molecule has 1 rings (SSSR count). The van der Waals surface area contributed by atoms with E-state index >= 15 is 0 Å². The van der Waals surface area contributed by atoms with E-state index in [2.05, 4.69) is 0 Å². The summed E-state index contributed by atoms with van der Waals surface area (Å²) >= 11 is 5.75. The van der Waals surface area contributed by atoms with E-state index < -0.39 is 0 Å². The Labute approximate surface area is 71.6 Å². The van der Waals surface area contributed by atoms with Crippen LogP contribution in [0.5, 0.6) is 0 Å². The molecule has 0 aliphatic carbocycles. The SMILES string of the molecule is CC(O)Cc1cccc(Cl)c1. The van der Waals surface area contributed by atoms with Crippen LogP contribution >= 0.6 is 11.6 Å². The van der Waals surface area contributed by atoms with E-state index in [0.29, 0.717) is 6.42 Å². The predicted molar refractivity (Wildman–Crippen MR) is 46.8 cm³/mol. The molecule has 0 heterocycles. The van der Waals surface area contributed by atoms with Crippen molar-refractivity contribution in [2.75, 3.05) is 0 Å². The second-order valence-corrected chi connectivity index (χ2v) is 3.12. The average Bonchev–Trinajstić information content (AvgIpc) is 1.85. The summed E-state index contributed by atoms with van der Waals surface area (Å²) in [6, 6.07) is 7.54. The van der Waals surface area contributed by atoms with Crippen molar-refractivity contribution in [3.05, 3.63) is 34.9 Å². The third kappa shape index (κ3) is 2.91. The first-order valence-electron chi connectivity index (χ1n) is 3.61. The molecule has 60 valence electrons. The van der Waals surface area contributed by atoms with Crippen molar-refractivity contribution in [1.82, 2.24) is 0 Å². The molecule has 0 amide bonds. The molecule has 11 heavy (non-hydrogen) atoms. The molecule has 1 aromatic rings. The van der Waals surface area contributed by atoms with Gasteiger partial charge in [0.1, 0.15) is 0 Å². The molecular weight excluding hydrogens is 160 g/mol. The molecule has 1 atom stereocenters. The highest BCUT2D eigenvalue weighted by Gasteiger charge is 1.98. The van der Waals surface area contributed by atoms with Crippen LogP contribution in [0.1, 0.15) is 12.5 Å². The van der Waals surface area contributed by atoms with Gasteiger partial charge in [0, 0.05) is 5.02 Å². The topological polar surface area (TPSA) is 20.2 Å². The summed E-state index contributed by atoms with van der Waals surface area (Å²) in [4.78, 5) is 0. The quantitative estimate of drug-likeness (QED) is 0.722. The summed E-state index contributed by atoms with van der Waals surface area (Å²) < 4.78 is 0. The normalized spacial score (nSPS) is 13.0. The zero-order valence-corrected chi connectivity index (χ0v) is 7.17. The van der Waals surface area contributed by atoms with Gasteiger partial charge in [-0.3, -0.25) is 0 Å². The zero-order chi connectivity index (χ0) is 8.27. The van der Waals surface area contributed by atoms with Crippen molar-refractivity contribution in [3.8, 4) is 0 Å². The number of benzene rings is 1. The van der Waals surface area contributed by atoms with Crippen LogP contribution in [-0.2, 0) is 6.42 Å². The summed E-state index contributed by atoms with van der Waals surface area (Å²) in [7, 11) is 0. The van der Waals surface area contributed by atoms with Crippen molar-refractivity contribution in [1.29, 1.82) is 0 Å². The molecule has 0 saturated carbocycles. The van der Waals surface area contributed by atoms with Crippen LogP contribution in [0.15, 0.2) is 24.3 Å². The highest BCUT2D eigenvalue weighted by atomic mass is 35.5. The summed E-state index contributed by atoms with van der Waals surface area (Å²) in [5.74, 6) is 0. The maximum Gasteiger partial charge on any atom is 0.0552 e. The van der Waals surface area contributed by atoms with Gasteiger partial charge in [-0.05, 0) is 31.0 Å². The van der Waals surface area contributed by atoms with E-state index in [1.807, 2.05) is 24.3 Å². The number of hydrogen-bond acceptors (Lipinski definition) is 1. The molecule has 0 fully saturated rings. The Morgan fingerprint density at radius 2 is 2.27 bits per heavy atom. The van der Waals surface area contributed by atoms with Crippen molar-refractivity contribution in [2.45, 2.75) is 19.4 Å². The van der Waals surface area contributed by atoms with Crippen molar-refractivity contribution in [3.63, 3.8) is 0 Å². The molecule has 0 saturated heterocycles. The summed E-state index contributed by atoms with van der Waals surface area (Å²) in [5, 5.41) is 9.78. The van der Waals surface area contributed by atoms with Gasteiger partial charge in [-0.25, -0.2) is 0 Å². The molecule has 0 aliphatic rings. The third-order valence-electron chi connectivity index (χ3n) is 1.42. The van der Waals surface area contributed by atoms with Gasteiger partial charge in [0.05, 0.1) is 6.10 Å². The molecule has 1 nitrogen and oxygen atoms in total. The van der Waals surface area contributed by atoms with Crippen LogP contribution in [0, 0.1) is 0 Å². The van der Waals surface area contributed by atoms with Gasteiger partial charge in [0.25, 0.3) is 0 Å². The Bertz CT molecular complexity index is 233. The van der Waals surface area contributed by atoms with E-state index in [-0.39, 0.29) is 6.10 Å². The molecule has 0 aromatic heterocycles. The van der Waals surface area contributed by atoms with Crippen LogP contribution in [0.3, 0.4) is 0 Å². The van der Waals surface area contributed by atoms with Gasteiger partial charge in [-0.2, -0.15) is 0 Å². The van der Waals surface area contributed by atoms with Gasteiger partial charge in [0.15, 0.2) is 0 Å². The first kappa shape index (κ1) is 8.57. The minimum Gasteiger partial charge on any atom is -0.393 e. The number of aliphatic hydroxyl groups is 1. The Morgan fingerprint density at radius 3 is 2.82 bits per heavy atom. The van der Waals surface area contributed by atoms with E-state index in [1.165, 1.54) is 0 Å². The van der Waals surface area contributed by atoms with E-state index in [9.17, 15) is 0 Å². The highest BCUT2D eigenvalue weighted by molar-refractivity contribution is 6.30. The minimum atomic E-state index is -0.298. The van der Waals surface area contributed by atoms with Crippen molar-refractivity contribution in [2.24, 2.45) is 0 Å². The van der Waals surface area contributed by atoms with Crippen LogP contribution in [-0.4, -0.2) is 11.2 Å². The van der Waals surface area contributed by atoms with Gasteiger partial charge in [-0.15, -0.1) is 0 Å². The lowest BCUT2D eigenvalue weighted by atomic mass is 10.1. The Kier molecular flexibility index (Phi) is 2.92. The fraction of sp³-hybridized carbons (Fsp3) is 0.333. The molecule has 0 aliphatic heterocycles. The fourth-order valence-electron chi connectivity index (χ4n) is 1.01. The van der Waals surface area contributed by atoms with Crippen LogP contribution in [0.2, 0.25) is 5.02 Å². The number of rotatable bonds is 2. The largest absolute Gasteiger partial charge is 0.393 e. The van der Waals surface area contributed by atoms with Crippen LogP contribution in [0.25, 0.3) is 0 Å². The second kappa shape index (κ2) is 3.74. The first-order chi connectivity index (χ1) is 5.18. The monoisotopic (exact) mass is 170 g/mol. The number of aliphatic hydroxyl groups excluding tert-OH is 1. The smallest absolute Gasteiger partial charge is 0.0552 e. The lowest BCUT2D eigenvalue weighted by Crippen LogP contribution is -2.03. The van der Waals surface area contributed by atoms with Gasteiger partial charge in [-0.1, -0.05) is 23.7 Å². The summed E-state index contributed by atoms with van der Waals surface area (Å²) in [6.45, 7) is 1.76. The number of hydrogen-bond donors (Lipinski definition) is 1. The Balaban J connectivity index is 2.71. The molecular formula is C9H11ClO. The maximum absolute atomic E-state index is 9.05. The highest BCUT2D eigenvalue weighted by Crippen LogP contribution is 2.11. The average molecular weight is 171 g/mol.